The third-order valence-electron chi connectivity index (χ3n) is 2.05. The van der Waals surface area contributed by atoms with Gasteiger partial charge < -0.3 is 0 Å². The van der Waals surface area contributed by atoms with Crippen LogP contribution in [0.15, 0.2) is 36.7 Å². The molecule has 0 radical (unpaired) electrons. The van der Waals surface area contributed by atoms with Gasteiger partial charge in [-0.15, -0.1) is 0 Å². The number of pyridine rings is 1. The average molecular weight is 201 g/mol. The van der Waals surface area contributed by atoms with Gasteiger partial charge in [0.2, 0.25) is 0 Å². The van der Waals surface area contributed by atoms with E-state index in [-0.39, 0.29) is 5.41 Å². The number of allylic oxidation sites excluding steroid dienone is 3. The van der Waals surface area contributed by atoms with Crippen LogP contribution < -0.4 is 0 Å². The van der Waals surface area contributed by atoms with Crippen LogP contribution in [0.25, 0.3) is 6.08 Å². The number of hydrogen-bond donors (Lipinski definition) is 0. The fourth-order valence-electron chi connectivity index (χ4n) is 1.17. The van der Waals surface area contributed by atoms with Gasteiger partial charge in [-0.3, -0.25) is 4.98 Å². The third kappa shape index (κ3) is 4.59. The van der Waals surface area contributed by atoms with Crippen molar-refractivity contribution in [3.8, 4) is 0 Å². The summed E-state index contributed by atoms with van der Waals surface area (Å²) in [4.78, 5) is 4.06. The minimum Gasteiger partial charge on any atom is -0.264 e. The van der Waals surface area contributed by atoms with Crippen molar-refractivity contribution in [2.24, 2.45) is 5.41 Å². The molecule has 0 bridgehead atoms. The van der Waals surface area contributed by atoms with Gasteiger partial charge in [-0.25, -0.2) is 0 Å². The van der Waals surface area contributed by atoms with Crippen LogP contribution in [0.1, 0.15) is 31.9 Å². The second kappa shape index (κ2) is 4.92. The van der Waals surface area contributed by atoms with Crippen LogP contribution in [0.5, 0.6) is 0 Å². The first kappa shape index (κ1) is 11.7. The van der Waals surface area contributed by atoms with E-state index in [0.717, 1.165) is 0 Å². The van der Waals surface area contributed by atoms with Gasteiger partial charge in [0, 0.05) is 12.4 Å². The van der Waals surface area contributed by atoms with E-state index in [2.05, 4.69) is 57.0 Å². The second-order valence-electron chi connectivity index (χ2n) is 4.82. The maximum atomic E-state index is 4.06. The highest BCUT2D eigenvalue weighted by Gasteiger charge is 2.01. The number of nitrogens with zero attached hydrogens (tertiary/aromatic N) is 1. The SMILES string of the molecule is Cc1cnccc1/C=C\C=C\C(C)(C)C. The standard InChI is InChI=1S/C14H19N/c1-12-11-15-10-8-13(12)7-5-6-9-14(2,3)4/h5-11H,1-4H3/b7-5-,9-6+. The third-order valence-corrected chi connectivity index (χ3v) is 2.05. The van der Waals surface area contributed by atoms with Crippen molar-refractivity contribution in [3.63, 3.8) is 0 Å². The minimum atomic E-state index is 0.248. The van der Waals surface area contributed by atoms with Crippen molar-refractivity contribution in [3.05, 3.63) is 47.8 Å². The van der Waals surface area contributed by atoms with Crippen molar-refractivity contribution < 1.29 is 0 Å². The second-order valence-corrected chi connectivity index (χ2v) is 4.82. The first-order valence-electron chi connectivity index (χ1n) is 5.25. The summed E-state index contributed by atoms with van der Waals surface area (Å²) in [5.74, 6) is 0. The molecule has 0 aromatic carbocycles. The monoisotopic (exact) mass is 201 g/mol. The molecular weight excluding hydrogens is 182 g/mol. The maximum Gasteiger partial charge on any atom is 0.0303 e. The van der Waals surface area contributed by atoms with Gasteiger partial charge in [0.15, 0.2) is 0 Å². The van der Waals surface area contributed by atoms with E-state index in [1.54, 1.807) is 0 Å². The Labute approximate surface area is 92.6 Å². The fraction of sp³-hybridized carbons (Fsp3) is 0.357. The Kier molecular flexibility index (Phi) is 3.84. The largest absolute Gasteiger partial charge is 0.264 e. The molecule has 0 amide bonds. The molecule has 1 rings (SSSR count). The summed E-state index contributed by atoms with van der Waals surface area (Å²) in [5.41, 5.74) is 2.68. The van der Waals surface area contributed by atoms with Crippen molar-refractivity contribution in [1.29, 1.82) is 0 Å². The Bertz CT molecular complexity index is 367. The van der Waals surface area contributed by atoms with Crippen molar-refractivity contribution in [2.45, 2.75) is 27.7 Å². The molecular formula is C14H19N. The lowest BCUT2D eigenvalue weighted by atomic mass is 9.96. The first-order chi connectivity index (χ1) is 6.99. The van der Waals surface area contributed by atoms with E-state index in [0.29, 0.717) is 0 Å². The molecule has 1 aromatic heterocycles. The van der Waals surface area contributed by atoms with E-state index in [1.165, 1.54) is 11.1 Å². The number of aryl methyl sites for hydroxylation is 1. The molecule has 0 spiro atoms. The molecule has 1 heteroatoms. The Morgan fingerprint density at radius 2 is 1.93 bits per heavy atom. The Balaban J connectivity index is 2.67. The quantitative estimate of drug-likeness (QED) is 0.659. The lowest BCUT2D eigenvalue weighted by Gasteiger charge is -2.09. The Morgan fingerprint density at radius 3 is 2.53 bits per heavy atom. The van der Waals surface area contributed by atoms with E-state index in [9.17, 15) is 0 Å². The number of aromatic nitrogens is 1. The Morgan fingerprint density at radius 1 is 1.20 bits per heavy atom. The molecule has 80 valence electrons. The molecule has 0 atom stereocenters. The molecule has 1 heterocycles. The molecule has 0 saturated carbocycles. The highest BCUT2D eigenvalue weighted by molar-refractivity contribution is 5.53. The summed E-state index contributed by atoms with van der Waals surface area (Å²) in [6.45, 7) is 8.64. The van der Waals surface area contributed by atoms with Gasteiger partial charge in [-0.05, 0) is 29.5 Å². The van der Waals surface area contributed by atoms with Crippen LogP contribution in [-0.2, 0) is 0 Å². The van der Waals surface area contributed by atoms with Crippen LogP contribution in [-0.4, -0.2) is 4.98 Å². The molecule has 0 unspecified atom stereocenters. The van der Waals surface area contributed by atoms with Crippen molar-refractivity contribution in [2.75, 3.05) is 0 Å². The van der Waals surface area contributed by atoms with Gasteiger partial charge in [0.25, 0.3) is 0 Å². The molecule has 0 N–H and O–H groups in total. The van der Waals surface area contributed by atoms with E-state index in [4.69, 9.17) is 0 Å². The number of rotatable bonds is 2. The zero-order valence-corrected chi connectivity index (χ0v) is 9.99. The highest BCUT2D eigenvalue weighted by atomic mass is 14.6. The fourth-order valence-corrected chi connectivity index (χ4v) is 1.17. The smallest absolute Gasteiger partial charge is 0.0303 e. The lowest BCUT2D eigenvalue weighted by Crippen LogP contribution is -1.97. The van der Waals surface area contributed by atoms with Crippen molar-refractivity contribution in [1.82, 2.24) is 4.98 Å². The summed E-state index contributed by atoms with van der Waals surface area (Å²) in [7, 11) is 0. The predicted molar refractivity (Wildman–Crippen MR) is 66.6 cm³/mol. The summed E-state index contributed by atoms with van der Waals surface area (Å²) in [5, 5.41) is 0. The lowest BCUT2D eigenvalue weighted by molar-refractivity contribution is 0.544. The summed E-state index contributed by atoms with van der Waals surface area (Å²) < 4.78 is 0. The average Bonchev–Trinajstić information content (AvgIpc) is 2.13. The molecule has 0 saturated heterocycles. The van der Waals surface area contributed by atoms with Gasteiger partial charge in [-0.1, -0.05) is 45.1 Å². The summed E-state index contributed by atoms with van der Waals surface area (Å²) >= 11 is 0. The molecule has 0 aliphatic rings. The van der Waals surface area contributed by atoms with Crippen LogP contribution in [0.3, 0.4) is 0 Å². The van der Waals surface area contributed by atoms with E-state index >= 15 is 0 Å². The summed E-state index contributed by atoms with van der Waals surface area (Å²) in [6, 6.07) is 2.02. The molecule has 0 aliphatic carbocycles. The van der Waals surface area contributed by atoms with E-state index in [1.807, 2.05) is 18.5 Å². The van der Waals surface area contributed by atoms with Crippen molar-refractivity contribution >= 4 is 6.08 Å². The molecule has 0 aliphatic heterocycles. The predicted octanol–water partition coefficient (Wildman–Crippen LogP) is 4.01. The van der Waals surface area contributed by atoms with Crippen LogP contribution in [0.4, 0.5) is 0 Å². The first-order valence-corrected chi connectivity index (χ1v) is 5.25. The molecule has 0 fully saturated rings. The van der Waals surface area contributed by atoms with Crippen LogP contribution in [0.2, 0.25) is 0 Å². The van der Waals surface area contributed by atoms with Gasteiger partial charge in [0.05, 0.1) is 0 Å². The van der Waals surface area contributed by atoms with Crippen LogP contribution in [0, 0.1) is 12.3 Å². The highest BCUT2D eigenvalue weighted by Crippen LogP contribution is 2.14. The topological polar surface area (TPSA) is 12.9 Å². The normalized spacial score (nSPS) is 12.8. The van der Waals surface area contributed by atoms with E-state index < -0.39 is 0 Å². The number of hydrogen-bond acceptors (Lipinski definition) is 1. The zero-order valence-electron chi connectivity index (χ0n) is 9.99. The minimum absolute atomic E-state index is 0.248. The van der Waals surface area contributed by atoms with Gasteiger partial charge >= 0.3 is 0 Å². The van der Waals surface area contributed by atoms with Gasteiger partial charge in [-0.2, -0.15) is 0 Å². The zero-order chi connectivity index (χ0) is 11.3. The van der Waals surface area contributed by atoms with Gasteiger partial charge in [0.1, 0.15) is 0 Å². The molecule has 1 nitrogen and oxygen atoms in total. The maximum absolute atomic E-state index is 4.06. The molecule has 1 aromatic rings. The Hall–Kier alpha value is -1.37. The molecule has 15 heavy (non-hydrogen) atoms. The summed E-state index contributed by atoms with van der Waals surface area (Å²) in [6.07, 6.45) is 12.2. The van der Waals surface area contributed by atoms with Crippen LogP contribution >= 0.6 is 0 Å².